The normalized spacial score (nSPS) is 20.3. The van der Waals surface area contributed by atoms with Gasteiger partial charge in [0.15, 0.2) is 0 Å². The summed E-state index contributed by atoms with van der Waals surface area (Å²) in [5.74, 6) is 0.754. The van der Waals surface area contributed by atoms with Crippen molar-refractivity contribution in [1.29, 1.82) is 0 Å². The van der Waals surface area contributed by atoms with Crippen LogP contribution in [0.2, 0.25) is 0 Å². The SMILES string of the molecule is CC(O)CN(CC(C)O)c1ccccc1OCC1CO1. The predicted octanol–water partition coefficient (Wildman–Crippen LogP) is 1.03. The van der Waals surface area contributed by atoms with Crippen molar-refractivity contribution in [3.05, 3.63) is 24.3 Å². The van der Waals surface area contributed by atoms with Crippen molar-refractivity contribution in [3.63, 3.8) is 0 Å². The molecule has 0 saturated carbocycles. The molecule has 2 rings (SSSR count). The summed E-state index contributed by atoms with van der Waals surface area (Å²) in [6, 6.07) is 7.67. The van der Waals surface area contributed by atoms with Crippen molar-refractivity contribution >= 4 is 5.69 Å². The number of benzene rings is 1. The maximum Gasteiger partial charge on any atom is 0.142 e. The van der Waals surface area contributed by atoms with E-state index in [2.05, 4.69) is 0 Å². The van der Waals surface area contributed by atoms with Crippen LogP contribution in [-0.2, 0) is 4.74 Å². The summed E-state index contributed by atoms with van der Waals surface area (Å²) in [4.78, 5) is 1.94. The highest BCUT2D eigenvalue weighted by Crippen LogP contribution is 2.29. The molecule has 0 aromatic heterocycles. The first-order chi connectivity index (χ1) is 9.56. The van der Waals surface area contributed by atoms with E-state index in [-0.39, 0.29) is 6.10 Å². The Labute approximate surface area is 119 Å². The molecule has 1 fully saturated rings. The number of anilines is 1. The topological polar surface area (TPSA) is 65.5 Å². The van der Waals surface area contributed by atoms with Crippen molar-refractivity contribution in [3.8, 4) is 5.75 Å². The molecule has 1 aliphatic heterocycles. The van der Waals surface area contributed by atoms with Gasteiger partial charge in [0.2, 0.25) is 0 Å². The summed E-state index contributed by atoms with van der Waals surface area (Å²) in [5.41, 5.74) is 0.884. The monoisotopic (exact) mass is 281 g/mol. The molecule has 112 valence electrons. The lowest BCUT2D eigenvalue weighted by molar-refractivity contribution is 0.177. The number of aliphatic hydroxyl groups excluding tert-OH is 2. The maximum atomic E-state index is 9.63. The average Bonchev–Trinajstić information content (AvgIpc) is 3.19. The molecule has 0 spiro atoms. The molecule has 3 unspecified atom stereocenters. The van der Waals surface area contributed by atoms with E-state index in [1.165, 1.54) is 0 Å². The van der Waals surface area contributed by atoms with Gasteiger partial charge in [0.05, 0.1) is 24.5 Å². The first-order valence-electron chi connectivity index (χ1n) is 7.00. The van der Waals surface area contributed by atoms with Crippen LogP contribution in [0, 0.1) is 0 Å². The lowest BCUT2D eigenvalue weighted by atomic mass is 10.2. The fraction of sp³-hybridized carbons (Fsp3) is 0.600. The molecule has 2 N–H and O–H groups in total. The zero-order valence-electron chi connectivity index (χ0n) is 12.0. The second-order valence-corrected chi connectivity index (χ2v) is 5.34. The van der Waals surface area contributed by atoms with Gasteiger partial charge in [-0.05, 0) is 26.0 Å². The molecule has 5 nitrogen and oxygen atoms in total. The Balaban J connectivity index is 2.11. The Morgan fingerprint density at radius 3 is 2.40 bits per heavy atom. The fourth-order valence-electron chi connectivity index (χ4n) is 2.10. The third kappa shape index (κ3) is 4.67. The van der Waals surface area contributed by atoms with E-state index in [4.69, 9.17) is 9.47 Å². The van der Waals surface area contributed by atoms with Crippen LogP contribution in [0.5, 0.6) is 5.75 Å². The molecule has 3 atom stereocenters. The number of rotatable bonds is 8. The standard InChI is InChI=1S/C15H23NO4/c1-11(17)7-16(8-12(2)18)14-5-3-4-6-15(14)20-10-13-9-19-13/h3-6,11-13,17-18H,7-10H2,1-2H3. The van der Waals surface area contributed by atoms with E-state index in [0.717, 1.165) is 18.0 Å². The molecule has 1 aromatic rings. The Kier molecular flexibility index (Phi) is 5.23. The molecule has 1 saturated heterocycles. The molecule has 0 amide bonds. The zero-order chi connectivity index (χ0) is 14.5. The number of aliphatic hydroxyl groups is 2. The number of ether oxygens (including phenoxy) is 2. The summed E-state index contributed by atoms with van der Waals surface area (Å²) >= 11 is 0. The summed E-state index contributed by atoms with van der Waals surface area (Å²) in [6.07, 6.45) is -0.757. The maximum absolute atomic E-state index is 9.63. The Hall–Kier alpha value is -1.30. The van der Waals surface area contributed by atoms with Crippen molar-refractivity contribution in [2.24, 2.45) is 0 Å². The van der Waals surface area contributed by atoms with Gasteiger partial charge in [-0.15, -0.1) is 0 Å². The Morgan fingerprint density at radius 2 is 1.85 bits per heavy atom. The van der Waals surface area contributed by atoms with E-state index in [1.807, 2.05) is 29.2 Å². The highest BCUT2D eigenvalue weighted by molar-refractivity contribution is 5.58. The molecule has 0 radical (unpaired) electrons. The first-order valence-corrected chi connectivity index (χ1v) is 7.00. The first kappa shape index (κ1) is 15.1. The molecular formula is C15H23NO4. The number of epoxide rings is 1. The molecule has 1 heterocycles. The molecule has 5 heteroatoms. The van der Waals surface area contributed by atoms with E-state index in [0.29, 0.717) is 19.7 Å². The van der Waals surface area contributed by atoms with Gasteiger partial charge in [-0.2, -0.15) is 0 Å². The van der Waals surface area contributed by atoms with Crippen LogP contribution < -0.4 is 9.64 Å². The third-order valence-corrected chi connectivity index (χ3v) is 3.00. The van der Waals surface area contributed by atoms with Gasteiger partial charge >= 0.3 is 0 Å². The van der Waals surface area contributed by atoms with Crippen LogP contribution >= 0.6 is 0 Å². The third-order valence-electron chi connectivity index (χ3n) is 3.00. The van der Waals surface area contributed by atoms with E-state index in [1.54, 1.807) is 13.8 Å². The second kappa shape index (κ2) is 6.92. The Morgan fingerprint density at radius 1 is 1.25 bits per heavy atom. The van der Waals surface area contributed by atoms with Gasteiger partial charge in [0.1, 0.15) is 18.5 Å². The minimum Gasteiger partial charge on any atom is -0.489 e. The van der Waals surface area contributed by atoms with Crippen LogP contribution in [0.25, 0.3) is 0 Å². The average molecular weight is 281 g/mol. The van der Waals surface area contributed by atoms with Gasteiger partial charge in [-0.1, -0.05) is 12.1 Å². The molecule has 0 bridgehead atoms. The van der Waals surface area contributed by atoms with E-state index in [9.17, 15) is 10.2 Å². The number of hydrogen-bond donors (Lipinski definition) is 2. The van der Waals surface area contributed by atoms with Crippen molar-refractivity contribution < 1.29 is 19.7 Å². The largest absolute Gasteiger partial charge is 0.489 e. The van der Waals surface area contributed by atoms with Gasteiger partial charge < -0.3 is 24.6 Å². The molecule has 20 heavy (non-hydrogen) atoms. The van der Waals surface area contributed by atoms with Crippen molar-refractivity contribution in [1.82, 2.24) is 0 Å². The summed E-state index contributed by atoms with van der Waals surface area (Å²) in [6.45, 7) is 5.66. The van der Waals surface area contributed by atoms with Crippen LogP contribution in [0.3, 0.4) is 0 Å². The molecule has 1 aromatic carbocycles. The highest BCUT2D eigenvalue weighted by atomic mass is 16.6. The molecule has 1 aliphatic rings. The van der Waals surface area contributed by atoms with Crippen molar-refractivity contribution in [2.75, 3.05) is 31.2 Å². The Bertz CT molecular complexity index is 408. The van der Waals surface area contributed by atoms with Gasteiger partial charge in [-0.3, -0.25) is 0 Å². The van der Waals surface area contributed by atoms with Gasteiger partial charge in [0, 0.05) is 13.1 Å². The lowest BCUT2D eigenvalue weighted by Crippen LogP contribution is -2.36. The van der Waals surface area contributed by atoms with Crippen molar-refractivity contribution in [2.45, 2.75) is 32.2 Å². The lowest BCUT2D eigenvalue weighted by Gasteiger charge is -2.29. The predicted molar refractivity (Wildman–Crippen MR) is 77.3 cm³/mol. The minimum absolute atomic E-state index is 0.199. The number of para-hydroxylation sites is 2. The van der Waals surface area contributed by atoms with E-state index < -0.39 is 12.2 Å². The number of nitrogens with zero attached hydrogens (tertiary/aromatic N) is 1. The van der Waals surface area contributed by atoms with Gasteiger partial charge in [0.25, 0.3) is 0 Å². The molecular weight excluding hydrogens is 258 g/mol. The van der Waals surface area contributed by atoms with Crippen LogP contribution in [0.1, 0.15) is 13.8 Å². The zero-order valence-corrected chi connectivity index (χ0v) is 12.0. The van der Waals surface area contributed by atoms with Gasteiger partial charge in [-0.25, -0.2) is 0 Å². The summed E-state index contributed by atoms with van der Waals surface area (Å²) in [5, 5.41) is 19.3. The van der Waals surface area contributed by atoms with Crippen LogP contribution in [0.15, 0.2) is 24.3 Å². The fourth-order valence-corrected chi connectivity index (χ4v) is 2.10. The molecule has 0 aliphatic carbocycles. The smallest absolute Gasteiger partial charge is 0.142 e. The summed E-state index contributed by atoms with van der Waals surface area (Å²) in [7, 11) is 0. The second-order valence-electron chi connectivity index (χ2n) is 5.34. The number of hydrogen-bond acceptors (Lipinski definition) is 5. The summed E-state index contributed by atoms with van der Waals surface area (Å²) < 4.78 is 10.9. The van der Waals surface area contributed by atoms with E-state index >= 15 is 0 Å². The van der Waals surface area contributed by atoms with Crippen LogP contribution in [0.4, 0.5) is 5.69 Å². The van der Waals surface area contributed by atoms with Crippen LogP contribution in [-0.4, -0.2) is 54.8 Å². The quantitative estimate of drug-likeness (QED) is 0.697. The minimum atomic E-state index is -0.478. The highest BCUT2D eigenvalue weighted by Gasteiger charge is 2.24.